The maximum Gasteiger partial charge on any atom is 0.315 e. The summed E-state index contributed by atoms with van der Waals surface area (Å²) in [6, 6.07) is 8.84. The number of nitrogens with one attached hydrogen (secondary N) is 2. The van der Waals surface area contributed by atoms with Gasteiger partial charge < -0.3 is 15.7 Å². The van der Waals surface area contributed by atoms with Gasteiger partial charge in [-0.05, 0) is 56.9 Å². The van der Waals surface area contributed by atoms with Crippen molar-refractivity contribution in [2.24, 2.45) is 5.92 Å². The van der Waals surface area contributed by atoms with Crippen LogP contribution in [0.2, 0.25) is 0 Å². The van der Waals surface area contributed by atoms with E-state index in [1.54, 1.807) is 0 Å². The zero-order valence-corrected chi connectivity index (χ0v) is 14.3. The fraction of sp³-hybridized carbons (Fsp3) is 0.632. The van der Waals surface area contributed by atoms with Crippen LogP contribution in [0.25, 0.3) is 0 Å². The molecule has 2 rings (SSSR count). The second-order valence-corrected chi connectivity index (χ2v) is 6.81. The Kier molecular flexibility index (Phi) is 6.90. The van der Waals surface area contributed by atoms with Gasteiger partial charge in [-0.2, -0.15) is 0 Å². The number of benzene rings is 1. The Bertz CT molecular complexity index is 479. The molecular weight excluding hydrogens is 288 g/mol. The largest absolute Gasteiger partial charge is 0.396 e. The van der Waals surface area contributed by atoms with Crippen LogP contribution in [-0.4, -0.2) is 29.8 Å². The summed E-state index contributed by atoms with van der Waals surface area (Å²) < 4.78 is 0. The lowest BCUT2D eigenvalue weighted by molar-refractivity contribution is 0.174. The lowest BCUT2D eigenvalue weighted by Gasteiger charge is -2.28. The molecule has 1 saturated carbocycles. The van der Waals surface area contributed by atoms with Crippen molar-refractivity contribution in [1.29, 1.82) is 0 Å². The number of rotatable bonds is 6. The highest BCUT2D eigenvalue weighted by Gasteiger charge is 2.22. The van der Waals surface area contributed by atoms with E-state index < -0.39 is 0 Å². The van der Waals surface area contributed by atoms with Gasteiger partial charge in [0.1, 0.15) is 0 Å². The fourth-order valence-electron chi connectivity index (χ4n) is 3.21. The van der Waals surface area contributed by atoms with Gasteiger partial charge in [0.2, 0.25) is 0 Å². The van der Waals surface area contributed by atoms with Crippen molar-refractivity contribution in [1.82, 2.24) is 10.6 Å². The zero-order valence-electron chi connectivity index (χ0n) is 14.3. The summed E-state index contributed by atoms with van der Waals surface area (Å²) in [5.74, 6) is 0.418. The highest BCUT2D eigenvalue weighted by atomic mass is 16.3. The molecule has 1 fully saturated rings. The Balaban J connectivity index is 1.77. The van der Waals surface area contributed by atoms with Crippen LogP contribution in [-0.2, 0) is 6.42 Å². The quantitative estimate of drug-likeness (QED) is 0.754. The topological polar surface area (TPSA) is 61.4 Å². The van der Waals surface area contributed by atoms with Crippen LogP contribution in [0.3, 0.4) is 0 Å². The molecule has 128 valence electrons. The molecular formula is C19H30N2O2. The number of amides is 2. The predicted molar refractivity (Wildman–Crippen MR) is 93.5 cm³/mol. The molecule has 0 radical (unpaired) electrons. The van der Waals surface area contributed by atoms with Crippen molar-refractivity contribution in [2.45, 2.75) is 64.5 Å². The van der Waals surface area contributed by atoms with Crippen molar-refractivity contribution in [3.63, 3.8) is 0 Å². The molecule has 4 nitrogen and oxygen atoms in total. The maximum absolute atomic E-state index is 12.2. The van der Waals surface area contributed by atoms with Gasteiger partial charge >= 0.3 is 6.03 Å². The lowest BCUT2D eigenvalue weighted by Crippen LogP contribution is -2.47. The summed E-state index contributed by atoms with van der Waals surface area (Å²) in [6.07, 6.45) is 5.71. The van der Waals surface area contributed by atoms with Gasteiger partial charge in [-0.1, -0.05) is 36.8 Å². The summed E-state index contributed by atoms with van der Waals surface area (Å²) in [6.45, 7) is 4.46. The first-order valence-corrected chi connectivity index (χ1v) is 8.84. The smallest absolute Gasteiger partial charge is 0.315 e. The lowest BCUT2D eigenvalue weighted by atomic mass is 9.87. The predicted octanol–water partition coefficient (Wildman–Crippen LogP) is 3.17. The Morgan fingerprint density at radius 3 is 2.43 bits per heavy atom. The first-order chi connectivity index (χ1) is 11.1. The van der Waals surface area contributed by atoms with E-state index in [2.05, 4.69) is 48.7 Å². The molecule has 0 spiro atoms. The average Bonchev–Trinajstić information content (AvgIpc) is 2.57. The monoisotopic (exact) mass is 318 g/mol. The van der Waals surface area contributed by atoms with Gasteiger partial charge in [-0.25, -0.2) is 4.79 Å². The number of aryl methyl sites for hydroxylation is 1. The summed E-state index contributed by atoms with van der Waals surface area (Å²) in [7, 11) is 0. The van der Waals surface area contributed by atoms with E-state index in [-0.39, 0.29) is 24.7 Å². The molecule has 1 atom stereocenters. The SMILES string of the molecule is CCC(Cc1ccc(C)cc1)NC(=O)NC1CCC(CO)CC1. The molecule has 3 N–H and O–H groups in total. The molecule has 0 aliphatic heterocycles. The number of carbonyl (C=O) groups excluding carboxylic acids is 1. The summed E-state index contributed by atoms with van der Waals surface area (Å²) >= 11 is 0. The zero-order chi connectivity index (χ0) is 16.7. The molecule has 2 amide bonds. The highest BCUT2D eigenvalue weighted by molar-refractivity contribution is 5.74. The summed E-state index contributed by atoms with van der Waals surface area (Å²) in [5, 5.41) is 15.4. The number of carbonyl (C=O) groups is 1. The van der Waals surface area contributed by atoms with E-state index >= 15 is 0 Å². The molecule has 1 aliphatic rings. The van der Waals surface area contributed by atoms with Crippen LogP contribution in [0.5, 0.6) is 0 Å². The molecule has 0 aromatic heterocycles. The number of aliphatic hydroxyl groups excluding tert-OH is 1. The van der Waals surface area contributed by atoms with Crippen molar-refractivity contribution in [3.8, 4) is 0 Å². The van der Waals surface area contributed by atoms with E-state index in [0.29, 0.717) is 5.92 Å². The van der Waals surface area contributed by atoms with Crippen LogP contribution in [0.4, 0.5) is 4.79 Å². The minimum absolute atomic E-state index is 0.0589. The minimum atomic E-state index is -0.0589. The normalized spacial score (nSPS) is 22.4. The molecule has 4 heteroatoms. The highest BCUT2D eigenvalue weighted by Crippen LogP contribution is 2.23. The van der Waals surface area contributed by atoms with E-state index in [4.69, 9.17) is 5.11 Å². The van der Waals surface area contributed by atoms with Crippen molar-refractivity contribution < 1.29 is 9.90 Å². The standard InChI is InChI=1S/C19H30N2O2/c1-3-17(12-15-6-4-14(2)5-7-15)20-19(23)21-18-10-8-16(13-22)9-11-18/h4-7,16-18,22H,3,8-13H2,1-2H3,(H2,20,21,23). The second-order valence-electron chi connectivity index (χ2n) is 6.81. The minimum Gasteiger partial charge on any atom is -0.396 e. The van der Waals surface area contributed by atoms with Gasteiger partial charge in [-0.3, -0.25) is 0 Å². The Hall–Kier alpha value is -1.55. The number of aliphatic hydroxyl groups is 1. The molecule has 1 aromatic carbocycles. The van der Waals surface area contributed by atoms with E-state index in [0.717, 1.165) is 38.5 Å². The average molecular weight is 318 g/mol. The third-order valence-electron chi connectivity index (χ3n) is 4.87. The fourth-order valence-corrected chi connectivity index (χ4v) is 3.21. The molecule has 1 unspecified atom stereocenters. The Morgan fingerprint density at radius 2 is 1.87 bits per heavy atom. The van der Waals surface area contributed by atoms with E-state index in [1.807, 2.05) is 0 Å². The van der Waals surface area contributed by atoms with Crippen molar-refractivity contribution >= 4 is 6.03 Å². The Morgan fingerprint density at radius 1 is 1.22 bits per heavy atom. The summed E-state index contributed by atoms with van der Waals surface area (Å²) in [4.78, 5) is 12.2. The first-order valence-electron chi connectivity index (χ1n) is 8.84. The number of urea groups is 1. The molecule has 23 heavy (non-hydrogen) atoms. The molecule has 1 aliphatic carbocycles. The second kappa shape index (κ2) is 8.92. The van der Waals surface area contributed by atoms with Gasteiger partial charge in [0, 0.05) is 18.7 Å². The summed E-state index contributed by atoms with van der Waals surface area (Å²) in [5.41, 5.74) is 2.51. The van der Waals surface area contributed by atoms with Crippen LogP contribution in [0.15, 0.2) is 24.3 Å². The van der Waals surface area contributed by atoms with Gasteiger partial charge in [0.25, 0.3) is 0 Å². The molecule has 0 heterocycles. The van der Waals surface area contributed by atoms with Crippen LogP contribution in [0, 0.1) is 12.8 Å². The third kappa shape index (κ3) is 5.87. The Labute approximate surface area is 139 Å². The van der Waals surface area contributed by atoms with Crippen LogP contribution >= 0.6 is 0 Å². The van der Waals surface area contributed by atoms with Gasteiger partial charge in [0.05, 0.1) is 0 Å². The number of hydrogen-bond donors (Lipinski definition) is 3. The number of hydrogen-bond acceptors (Lipinski definition) is 2. The van der Waals surface area contributed by atoms with Crippen LogP contribution in [0.1, 0.15) is 50.2 Å². The maximum atomic E-state index is 12.2. The van der Waals surface area contributed by atoms with Crippen molar-refractivity contribution in [3.05, 3.63) is 35.4 Å². The third-order valence-corrected chi connectivity index (χ3v) is 4.87. The van der Waals surface area contributed by atoms with Crippen molar-refractivity contribution in [2.75, 3.05) is 6.61 Å². The van der Waals surface area contributed by atoms with Gasteiger partial charge in [-0.15, -0.1) is 0 Å². The van der Waals surface area contributed by atoms with Crippen LogP contribution < -0.4 is 10.6 Å². The van der Waals surface area contributed by atoms with E-state index in [9.17, 15) is 4.79 Å². The molecule has 0 saturated heterocycles. The van der Waals surface area contributed by atoms with E-state index in [1.165, 1.54) is 11.1 Å². The molecule has 1 aromatic rings. The van der Waals surface area contributed by atoms with Gasteiger partial charge in [0.15, 0.2) is 0 Å². The first kappa shape index (κ1) is 17.8. The molecule has 0 bridgehead atoms.